The molecule has 7 nitrogen and oxygen atoms in total. The van der Waals surface area contributed by atoms with E-state index in [1.165, 1.54) is 56.7 Å². The van der Waals surface area contributed by atoms with Gasteiger partial charge in [0.05, 0.1) is 27.1 Å². The number of halogens is 1. The fourth-order valence-corrected chi connectivity index (χ4v) is 4.21. The molecular formula is C26H30BrN3O4. The molecular weight excluding hydrogens is 498 g/mol. The van der Waals surface area contributed by atoms with Crippen LogP contribution in [0.1, 0.15) is 58.3 Å². The molecule has 0 saturated carbocycles. The number of nitrogens with zero attached hydrogens (tertiary/aromatic N) is 3. The highest BCUT2D eigenvalue weighted by atomic mass is 79.9. The topological polar surface area (TPSA) is 97.3 Å². The highest BCUT2D eigenvalue weighted by Crippen LogP contribution is 2.40. The zero-order chi connectivity index (χ0) is 24.3. The van der Waals surface area contributed by atoms with Crippen molar-refractivity contribution in [3.63, 3.8) is 0 Å². The van der Waals surface area contributed by atoms with E-state index in [4.69, 9.17) is 4.74 Å². The third kappa shape index (κ3) is 7.00. The van der Waals surface area contributed by atoms with Gasteiger partial charge in [-0.3, -0.25) is 10.1 Å². The van der Waals surface area contributed by atoms with Gasteiger partial charge >= 0.3 is 0 Å². The molecule has 3 rings (SSSR count). The van der Waals surface area contributed by atoms with Crippen LogP contribution < -0.4 is 4.74 Å². The highest BCUT2D eigenvalue weighted by molar-refractivity contribution is 9.10. The van der Waals surface area contributed by atoms with Crippen LogP contribution in [0.4, 0.5) is 17.1 Å². The van der Waals surface area contributed by atoms with Crippen LogP contribution >= 0.6 is 15.9 Å². The molecule has 180 valence electrons. The smallest absolute Gasteiger partial charge is 0.270 e. The number of nitro groups is 1. The first kappa shape index (κ1) is 25.6. The number of fused-ring (bicyclic) bond motifs is 1. The van der Waals surface area contributed by atoms with E-state index in [9.17, 15) is 15.2 Å². The molecule has 1 N–H and O–H groups in total. The Morgan fingerprint density at radius 2 is 1.62 bits per heavy atom. The van der Waals surface area contributed by atoms with Crippen molar-refractivity contribution in [1.82, 2.24) is 0 Å². The van der Waals surface area contributed by atoms with Gasteiger partial charge in [0.15, 0.2) is 0 Å². The van der Waals surface area contributed by atoms with Gasteiger partial charge in [0, 0.05) is 17.5 Å². The first-order valence-corrected chi connectivity index (χ1v) is 12.5. The maximum atomic E-state index is 11.0. The minimum absolute atomic E-state index is 0.0300. The Kier molecular flexibility index (Phi) is 9.82. The summed E-state index contributed by atoms with van der Waals surface area (Å²) < 4.78 is 6.55. The summed E-state index contributed by atoms with van der Waals surface area (Å²) in [5.41, 5.74) is 0.978. The van der Waals surface area contributed by atoms with Crippen molar-refractivity contribution in [2.45, 2.75) is 58.3 Å². The first-order valence-electron chi connectivity index (χ1n) is 11.7. The molecule has 0 unspecified atom stereocenters. The molecule has 34 heavy (non-hydrogen) atoms. The van der Waals surface area contributed by atoms with Crippen LogP contribution in [0.3, 0.4) is 0 Å². The van der Waals surface area contributed by atoms with Gasteiger partial charge in [0.2, 0.25) is 0 Å². The van der Waals surface area contributed by atoms with Crippen molar-refractivity contribution < 1.29 is 14.8 Å². The average Bonchev–Trinajstić information content (AvgIpc) is 2.83. The van der Waals surface area contributed by atoms with E-state index in [1.807, 2.05) is 18.2 Å². The Morgan fingerprint density at radius 1 is 0.941 bits per heavy atom. The lowest BCUT2D eigenvalue weighted by molar-refractivity contribution is -0.384. The number of nitro benzene ring substituents is 1. The summed E-state index contributed by atoms with van der Waals surface area (Å²) in [7, 11) is 0. The van der Waals surface area contributed by atoms with Gasteiger partial charge in [0.25, 0.3) is 5.69 Å². The summed E-state index contributed by atoms with van der Waals surface area (Å²) in [5, 5.41) is 31.3. The quantitative estimate of drug-likeness (QED) is 0.104. The maximum absolute atomic E-state index is 11.0. The number of rotatable bonds is 13. The van der Waals surface area contributed by atoms with Gasteiger partial charge in [0.1, 0.15) is 17.2 Å². The van der Waals surface area contributed by atoms with Crippen molar-refractivity contribution >= 4 is 43.8 Å². The molecule has 8 heteroatoms. The van der Waals surface area contributed by atoms with Crippen LogP contribution in [0.25, 0.3) is 10.8 Å². The second-order valence-electron chi connectivity index (χ2n) is 8.20. The van der Waals surface area contributed by atoms with E-state index < -0.39 is 4.92 Å². The van der Waals surface area contributed by atoms with Crippen LogP contribution in [-0.4, -0.2) is 16.6 Å². The molecule has 0 aromatic heterocycles. The number of hydrogen-bond acceptors (Lipinski definition) is 6. The van der Waals surface area contributed by atoms with E-state index in [0.717, 1.165) is 12.8 Å². The number of phenolic OH excluding ortho intramolecular Hbond substituents is 1. The third-order valence-corrected chi connectivity index (χ3v) is 6.26. The molecule has 0 saturated heterocycles. The van der Waals surface area contributed by atoms with Gasteiger partial charge in [-0.25, -0.2) is 0 Å². The zero-order valence-corrected chi connectivity index (χ0v) is 21.0. The second-order valence-corrected chi connectivity index (χ2v) is 9.05. The van der Waals surface area contributed by atoms with E-state index >= 15 is 0 Å². The molecule has 0 heterocycles. The maximum Gasteiger partial charge on any atom is 0.270 e. The van der Waals surface area contributed by atoms with E-state index in [2.05, 4.69) is 33.1 Å². The molecule has 0 bridgehead atoms. The average molecular weight is 528 g/mol. The predicted molar refractivity (Wildman–Crippen MR) is 139 cm³/mol. The van der Waals surface area contributed by atoms with E-state index in [0.29, 0.717) is 39.0 Å². The van der Waals surface area contributed by atoms with Gasteiger partial charge in [-0.15, -0.1) is 10.2 Å². The molecule has 0 aliphatic carbocycles. The molecule has 0 fully saturated rings. The SMILES string of the molecule is CCCCCCCCCCOc1cccc2c(O)ccc(N=Nc3ccc([N+](=O)[O-])cc3Br)c12. The Hall–Kier alpha value is -3.00. The number of unbranched alkanes of at least 4 members (excludes halogenated alkanes) is 7. The molecule has 0 atom stereocenters. The number of ether oxygens (including phenoxy) is 1. The van der Waals surface area contributed by atoms with Crippen LogP contribution in [-0.2, 0) is 0 Å². The van der Waals surface area contributed by atoms with Crippen LogP contribution in [0.2, 0.25) is 0 Å². The number of hydrogen-bond donors (Lipinski definition) is 1. The van der Waals surface area contributed by atoms with Crippen molar-refractivity contribution in [2.24, 2.45) is 10.2 Å². The van der Waals surface area contributed by atoms with Crippen LogP contribution in [0, 0.1) is 10.1 Å². The van der Waals surface area contributed by atoms with Crippen LogP contribution in [0.15, 0.2) is 63.2 Å². The second kappa shape index (κ2) is 13.0. The number of phenols is 1. The first-order chi connectivity index (χ1) is 16.5. The summed E-state index contributed by atoms with van der Waals surface area (Å²) >= 11 is 3.31. The third-order valence-electron chi connectivity index (χ3n) is 5.62. The fourth-order valence-electron chi connectivity index (χ4n) is 3.76. The van der Waals surface area contributed by atoms with Gasteiger partial charge in [-0.1, -0.05) is 64.0 Å². The van der Waals surface area contributed by atoms with E-state index in [1.54, 1.807) is 12.1 Å². The number of benzene rings is 3. The summed E-state index contributed by atoms with van der Waals surface area (Å²) in [5.74, 6) is 0.788. The standard InChI is InChI=1S/C26H30BrN3O4/c1-2-3-4-5-6-7-8-9-17-34-25-12-10-11-20-24(31)16-15-23(26(20)25)29-28-22-14-13-19(30(32)33)18-21(22)27/h10-16,18,31H,2-9,17H2,1H3. The summed E-state index contributed by atoms with van der Waals surface area (Å²) in [4.78, 5) is 10.5. The summed E-state index contributed by atoms with van der Waals surface area (Å²) in [6.07, 6.45) is 9.78. The number of aromatic hydroxyl groups is 1. The monoisotopic (exact) mass is 527 g/mol. The normalized spacial score (nSPS) is 11.4. The summed E-state index contributed by atoms with van der Waals surface area (Å²) in [6, 6.07) is 13.1. The van der Waals surface area contributed by atoms with Crippen molar-refractivity contribution in [3.8, 4) is 11.5 Å². The van der Waals surface area contributed by atoms with Gasteiger partial charge in [-0.05, 0) is 46.6 Å². The minimum Gasteiger partial charge on any atom is -0.507 e. The lowest BCUT2D eigenvalue weighted by Crippen LogP contribution is -1.98. The van der Waals surface area contributed by atoms with Crippen LogP contribution in [0.5, 0.6) is 11.5 Å². The Bertz CT molecular complexity index is 1150. The largest absolute Gasteiger partial charge is 0.507 e. The van der Waals surface area contributed by atoms with Gasteiger partial charge in [-0.2, -0.15) is 0 Å². The lowest BCUT2D eigenvalue weighted by Gasteiger charge is -2.12. The Balaban J connectivity index is 1.72. The Labute approximate surface area is 208 Å². The predicted octanol–water partition coefficient (Wildman–Crippen LogP) is 9.15. The minimum atomic E-state index is -0.463. The molecule has 0 radical (unpaired) electrons. The molecule has 3 aromatic rings. The van der Waals surface area contributed by atoms with Crippen molar-refractivity contribution in [2.75, 3.05) is 6.61 Å². The van der Waals surface area contributed by atoms with Crippen molar-refractivity contribution in [3.05, 3.63) is 63.1 Å². The molecule has 0 aliphatic heterocycles. The molecule has 0 aliphatic rings. The number of azo groups is 1. The highest BCUT2D eigenvalue weighted by Gasteiger charge is 2.12. The fraction of sp³-hybridized carbons (Fsp3) is 0.385. The lowest BCUT2D eigenvalue weighted by atomic mass is 10.1. The zero-order valence-electron chi connectivity index (χ0n) is 19.4. The Morgan fingerprint density at radius 3 is 2.32 bits per heavy atom. The summed E-state index contributed by atoms with van der Waals surface area (Å²) in [6.45, 7) is 2.82. The molecule has 3 aromatic carbocycles. The van der Waals surface area contributed by atoms with Gasteiger partial charge < -0.3 is 9.84 Å². The molecule has 0 amide bonds. The van der Waals surface area contributed by atoms with Crippen molar-refractivity contribution in [1.29, 1.82) is 0 Å². The van der Waals surface area contributed by atoms with E-state index in [-0.39, 0.29) is 11.4 Å². The number of non-ortho nitro benzene ring substituents is 1. The molecule has 0 spiro atoms.